The molecule has 0 unspecified atom stereocenters. The SMILES string of the molecule is Cc1cccc(OCCNC[C@@H]2CN(C)CCO2)c1. The molecular formula is C15H24N2O2. The van der Waals surface area contributed by atoms with Crippen molar-refractivity contribution >= 4 is 0 Å². The first-order valence-corrected chi connectivity index (χ1v) is 6.94. The van der Waals surface area contributed by atoms with Crippen molar-refractivity contribution in [2.75, 3.05) is 46.4 Å². The van der Waals surface area contributed by atoms with Gasteiger partial charge in [0.15, 0.2) is 0 Å². The number of nitrogens with one attached hydrogen (secondary N) is 1. The maximum absolute atomic E-state index is 5.68. The molecule has 19 heavy (non-hydrogen) atoms. The molecule has 1 saturated heterocycles. The molecule has 0 spiro atoms. The lowest BCUT2D eigenvalue weighted by Gasteiger charge is -2.30. The molecular weight excluding hydrogens is 240 g/mol. The first-order chi connectivity index (χ1) is 9.24. The Balaban J connectivity index is 1.57. The van der Waals surface area contributed by atoms with Crippen molar-refractivity contribution in [1.82, 2.24) is 10.2 Å². The van der Waals surface area contributed by atoms with E-state index in [9.17, 15) is 0 Å². The monoisotopic (exact) mass is 264 g/mol. The minimum absolute atomic E-state index is 0.303. The molecule has 0 amide bonds. The molecule has 4 nitrogen and oxygen atoms in total. The third-order valence-electron chi connectivity index (χ3n) is 3.25. The van der Waals surface area contributed by atoms with E-state index in [1.54, 1.807) is 0 Å². The highest BCUT2D eigenvalue weighted by atomic mass is 16.5. The van der Waals surface area contributed by atoms with Gasteiger partial charge in [0, 0.05) is 26.2 Å². The van der Waals surface area contributed by atoms with E-state index in [1.165, 1.54) is 5.56 Å². The Morgan fingerprint density at radius 2 is 2.37 bits per heavy atom. The number of aryl methyl sites for hydroxylation is 1. The van der Waals surface area contributed by atoms with Crippen molar-refractivity contribution in [3.05, 3.63) is 29.8 Å². The second-order valence-electron chi connectivity index (χ2n) is 5.12. The molecule has 4 heteroatoms. The van der Waals surface area contributed by atoms with E-state index in [-0.39, 0.29) is 0 Å². The second-order valence-corrected chi connectivity index (χ2v) is 5.12. The van der Waals surface area contributed by atoms with Gasteiger partial charge < -0.3 is 19.7 Å². The summed E-state index contributed by atoms with van der Waals surface area (Å²) in [6.45, 7) is 7.37. The molecule has 1 atom stereocenters. The molecule has 1 N–H and O–H groups in total. The van der Waals surface area contributed by atoms with Crippen molar-refractivity contribution in [3.63, 3.8) is 0 Å². The van der Waals surface area contributed by atoms with E-state index in [0.717, 1.165) is 38.5 Å². The molecule has 0 saturated carbocycles. The van der Waals surface area contributed by atoms with Crippen LogP contribution in [0.4, 0.5) is 0 Å². The Hall–Kier alpha value is -1.10. The highest BCUT2D eigenvalue weighted by Gasteiger charge is 2.16. The highest BCUT2D eigenvalue weighted by molar-refractivity contribution is 5.27. The maximum atomic E-state index is 5.68. The summed E-state index contributed by atoms with van der Waals surface area (Å²) >= 11 is 0. The number of rotatable bonds is 6. The molecule has 1 fully saturated rings. The fourth-order valence-corrected chi connectivity index (χ4v) is 2.20. The van der Waals surface area contributed by atoms with Crippen molar-refractivity contribution in [2.45, 2.75) is 13.0 Å². The number of hydrogen-bond acceptors (Lipinski definition) is 4. The normalized spacial score (nSPS) is 20.4. The number of ether oxygens (including phenoxy) is 2. The average molecular weight is 264 g/mol. The summed E-state index contributed by atoms with van der Waals surface area (Å²) in [6, 6.07) is 8.14. The van der Waals surface area contributed by atoms with Gasteiger partial charge >= 0.3 is 0 Å². The smallest absolute Gasteiger partial charge is 0.119 e. The van der Waals surface area contributed by atoms with Gasteiger partial charge in [-0.15, -0.1) is 0 Å². The summed E-state index contributed by atoms with van der Waals surface area (Å²) in [5.74, 6) is 0.940. The van der Waals surface area contributed by atoms with Crippen LogP contribution in [0.2, 0.25) is 0 Å². The van der Waals surface area contributed by atoms with Crippen LogP contribution in [0.1, 0.15) is 5.56 Å². The Labute approximate surface area is 115 Å². The van der Waals surface area contributed by atoms with Gasteiger partial charge in [-0.3, -0.25) is 0 Å². The van der Waals surface area contributed by atoms with Crippen LogP contribution in [0.3, 0.4) is 0 Å². The van der Waals surface area contributed by atoms with E-state index in [4.69, 9.17) is 9.47 Å². The van der Waals surface area contributed by atoms with Crippen molar-refractivity contribution in [3.8, 4) is 5.75 Å². The van der Waals surface area contributed by atoms with Gasteiger partial charge in [0.25, 0.3) is 0 Å². The molecule has 1 aliphatic heterocycles. The maximum Gasteiger partial charge on any atom is 0.119 e. The molecule has 0 aromatic heterocycles. The van der Waals surface area contributed by atoms with Gasteiger partial charge in [0.1, 0.15) is 12.4 Å². The average Bonchev–Trinajstić information content (AvgIpc) is 2.38. The molecule has 1 aromatic rings. The molecule has 1 heterocycles. The summed E-state index contributed by atoms with van der Waals surface area (Å²) in [5, 5.41) is 3.38. The van der Waals surface area contributed by atoms with Crippen molar-refractivity contribution in [1.29, 1.82) is 0 Å². The minimum atomic E-state index is 0.303. The van der Waals surface area contributed by atoms with E-state index in [1.807, 2.05) is 12.1 Å². The molecule has 0 aliphatic carbocycles. The van der Waals surface area contributed by atoms with E-state index in [0.29, 0.717) is 12.7 Å². The fourth-order valence-electron chi connectivity index (χ4n) is 2.20. The molecule has 1 aliphatic rings. The van der Waals surface area contributed by atoms with Crippen molar-refractivity contribution < 1.29 is 9.47 Å². The molecule has 106 valence electrons. The zero-order valence-corrected chi connectivity index (χ0v) is 11.9. The van der Waals surface area contributed by atoms with Crippen molar-refractivity contribution in [2.24, 2.45) is 0 Å². The van der Waals surface area contributed by atoms with Crippen LogP contribution in [-0.4, -0.2) is 57.4 Å². The van der Waals surface area contributed by atoms with Crippen LogP contribution < -0.4 is 10.1 Å². The number of hydrogen-bond donors (Lipinski definition) is 1. The lowest BCUT2D eigenvalue weighted by molar-refractivity contribution is -0.0182. The lowest BCUT2D eigenvalue weighted by Crippen LogP contribution is -2.45. The molecule has 2 rings (SSSR count). The summed E-state index contributed by atoms with van der Waals surface area (Å²) in [6.07, 6.45) is 0.303. The largest absolute Gasteiger partial charge is 0.492 e. The van der Waals surface area contributed by atoms with Crippen LogP contribution >= 0.6 is 0 Å². The predicted octanol–water partition coefficient (Wildman–Crippen LogP) is 1.29. The molecule has 0 radical (unpaired) electrons. The number of nitrogens with zero attached hydrogens (tertiary/aromatic N) is 1. The Kier molecular flexibility index (Phi) is 5.63. The van der Waals surface area contributed by atoms with Gasteiger partial charge in [0.2, 0.25) is 0 Å². The second kappa shape index (κ2) is 7.48. The van der Waals surface area contributed by atoms with E-state index in [2.05, 4.69) is 36.3 Å². The Bertz CT molecular complexity index is 384. The molecule has 1 aromatic carbocycles. The Morgan fingerprint density at radius 3 is 3.16 bits per heavy atom. The first-order valence-electron chi connectivity index (χ1n) is 6.94. The minimum Gasteiger partial charge on any atom is -0.492 e. The topological polar surface area (TPSA) is 33.7 Å². The zero-order chi connectivity index (χ0) is 13.5. The third kappa shape index (κ3) is 5.19. The lowest BCUT2D eigenvalue weighted by atomic mass is 10.2. The fraction of sp³-hybridized carbons (Fsp3) is 0.600. The summed E-state index contributed by atoms with van der Waals surface area (Å²) in [7, 11) is 2.14. The van der Waals surface area contributed by atoms with Crippen LogP contribution in [-0.2, 0) is 4.74 Å². The van der Waals surface area contributed by atoms with Crippen LogP contribution in [0.5, 0.6) is 5.75 Å². The molecule has 0 bridgehead atoms. The van der Waals surface area contributed by atoms with Crippen LogP contribution in [0.25, 0.3) is 0 Å². The zero-order valence-electron chi connectivity index (χ0n) is 11.9. The Morgan fingerprint density at radius 1 is 1.47 bits per heavy atom. The van der Waals surface area contributed by atoms with Crippen LogP contribution in [0, 0.1) is 6.92 Å². The number of morpholine rings is 1. The summed E-state index contributed by atoms with van der Waals surface area (Å²) < 4.78 is 11.4. The quantitative estimate of drug-likeness (QED) is 0.785. The number of likely N-dealkylation sites (N-methyl/N-ethyl adjacent to an activating group) is 1. The predicted molar refractivity (Wildman–Crippen MR) is 76.8 cm³/mol. The highest BCUT2D eigenvalue weighted by Crippen LogP contribution is 2.11. The van der Waals surface area contributed by atoms with Gasteiger partial charge in [0.05, 0.1) is 12.7 Å². The van der Waals surface area contributed by atoms with E-state index >= 15 is 0 Å². The van der Waals surface area contributed by atoms with Crippen LogP contribution in [0.15, 0.2) is 24.3 Å². The first kappa shape index (κ1) is 14.3. The summed E-state index contributed by atoms with van der Waals surface area (Å²) in [5.41, 5.74) is 1.23. The van der Waals surface area contributed by atoms with Gasteiger partial charge in [-0.1, -0.05) is 12.1 Å². The van der Waals surface area contributed by atoms with Gasteiger partial charge in [-0.25, -0.2) is 0 Å². The van der Waals surface area contributed by atoms with Gasteiger partial charge in [-0.2, -0.15) is 0 Å². The van der Waals surface area contributed by atoms with E-state index < -0.39 is 0 Å². The number of benzene rings is 1. The summed E-state index contributed by atoms with van der Waals surface area (Å²) in [4.78, 5) is 2.30. The third-order valence-corrected chi connectivity index (χ3v) is 3.25. The van der Waals surface area contributed by atoms with Gasteiger partial charge in [-0.05, 0) is 31.7 Å². The standard InChI is InChI=1S/C15H24N2O2/c1-13-4-3-5-14(10-13)18-8-6-16-11-15-12-17(2)7-9-19-15/h3-5,10,15-16H,6-9,11-12H2,1-2H3/t15-/m1/s1.